The molecule has 0 saturated heterocycles. The van der Waals surface area contributed by atoms with E-state index in [-0.39, 0.29) is 5.56 Å². The summed E-state index contributed by atoms with van der Waals surface area (Å²) in [5, 5.41) is 0. The van der Waals surface area contributed by atoms with Gasteiger partial charge in [0.1, 0.15) is 11.5 Å². The van der Waals surface area contributed by atoms with E-state index in [2.05, 4.69) is 4.98 Å². The van der Waals surface area contributed by atoms with Crippen LogP contribution < -0.4 is 0 Å². The van der Waals surface area contributed by atoms with Gasteiger partial charge >= 0.3 is 0 Å². The van der Waals surface area contributed by atoms with Crippen molar-refractivity contribution < 1.29 is 9.18 Å². The average molecular weight is 164 g/mol. The van der Waals surface area contributed by atoms with Gasteiger partial charge in [-0.05, 0) is 6.07 Å². The Kier molecular flexibility index (Phi) is 1.40. The third kappa shape index (κ3) is 0.887. The third-order valence-electron chi connectivity index (χ3n) is 1.61. The number of imidazole rings is 1. The average Bonchev–Trinajstić information content (AvgIpc) is 2.50. The van der Waals surface area contributed by atoms with Crippen molar-refractivity contribution in [3.8, 4) is 0 Å². The number of halogens is 1. The zero-order valence-corrected chi connectivity index (χ0v) is 6.07. The van der Waals surface area contributed by atoms with E-state index in [4.69, 9.17) is 0 Å². The number of hydrogen-bond acceptors (Lipinski definition) is 2. The zero-order chi connectivity index (χ0) is 8.55. The normalized spacial score (nSPS) is 10.4. The number of rotatable bonds is 1. The molecule has 2 rings (SSSR count). The monoisotopic (exact) mass is 164 g/mol. The van der Waals surface area contributed by atoms with Crippen molar-refractivity contribution in [2.75, 3.05) is 0 Å². The molecular weight excluding hydrogens is 159 g/mol. The molecule has 0 amide bonds. The number of pyridine rings is 1. The summed E-state index contributed by atoms with van der Waals surface area (Å²) in [5.41, 5.74) is 0.742. The predicted molar refractivity (Wildman–Crippen MR) is 40.5 cm³/mol. The van der Waals surface area contributed by atoms with Gasteiger partial charge in [-0.2, -0.15) is 0 Å². The van der Waals surface area contributed by atoms with Gasteiger partial charge in [-0.3, -0.25) is 4.79 Å². The predicted octanol–water partition coefficient (Wildman–Crippen LogP) is 1.29. The van der Waals surface area contributed by atoms with Gasteiger partial charge in [0.15, 0.2) is 6.29 Å². The summed E-state index contributed by atoms with van der Waals surface area (Å²) < 4.78 is 14.2. The maximum Gasteiger partial charge on any atom is 0.153 e. The molecule has 0 bridgehead atoms. The highest BCUT2D eigenvalue weighted by atomic mass is 19.1. The van der Waals surface area contributed by atoms with Gasteiger partial charge in [0, 0.05) is 18.6 Å². The molecule has 0 aliphatic heterocycles. The first-order valence-corrected chi connectivity index (χ1v) is 3.38. The Morgan fingerprint density at radius 2 is 2.42 bits per heavy atom. The van der Waals surface area contributed by atoms with E-state index in [0.717, 1.165) is 6.07 Å². The molecule has 2 aromatic heterocycles. The van der Waals surface area contributed by atoms with Crippen molar-refractivity contribution in [2.24, 2.45) is 0 Å². The summed E-state index contributed by atoms with van der Waals surface area (Å²) in [4.78, 5) is 14.3. The molecule has 2 aromatic rings. The number of aromatic nitrogens is 2. The molecule has 60 valence electrons. The van der Waals surface area contributed by atoms with Crippen LogP contribution in [0.5, 0.6) is 0 Å². The second-order valence-electron chi connectivity index (χ2n) is 2.39. The molecule has 0 radical (unpaired) electrons. The first-order valence-electron chi connectivity index (χ1n) is 3.38. The van der Waals surface area contributed by atoms with Gasteiger partial charge in [-0.1, -0.05) is 0 Å². The summed E-state index contributed by atoms with van der Waals surface area (Å²) in [5.74, 6) is -0.442. The number of fused-ring (bicyclic) bond motifs is 1. The topological polar surface area (TPSA) is 34.4 Å². The fraction of sp³-hybridized carbons (Fsp3) is 0. The molecule has 0 aliphatic carbocycles. The van der Waals surface area contributed by atoms with Crippen LogP contribution in [0, 0.1) is 5.82 Å². The highest BCUT2D eigenvalue weighted by Gasteiger charge is 2.03. The SMILES string of the molecule is O=Cc1cc(F)cn2ccnc12. The zero-order valence-electron chi connectivity index (χ0n) is 6.07. The maximum atomic E-state index is 12.8. The van der Waals surface area contributed by atoms with Crippen molar-refractivity contribution >= 4 is 11.9 Å². The number of nitrogens with zero attached hydrogens (tertiary/aromatic N) is 2. The Labute approximate surface area is 67.5 Å². The molecule has 0 aromatic carbocycles. The van der Waals surface area contributed by atoms with E-state index in [9.17, 15) is 9.18 Å². The fourth-order valence-corrected chi connectivity index (χ4v) is 1.11. The summed E-state index contributed by atoms with van der Waals surface area (Å²) in [6.45, 7) is 0. The third-order valence-corrected chi connectivity index (χ3v) is 1.61. The minimum absolute atomic E-state index is 0.264. The van der Waals surface area contributed by atoms with E-state index in [1.54, 1.807) is 6.20 Å². The van der Waals surface area contributed by atoms with Crippen molar-refractivity contribution in [3.05, 3.63) is 36.0 Å². The van der Waals surface area contributed by atoms with E-state index >= 15 is 0 Å². The maximum absolute atomic E-state index is 12.8. The molecule has 0 atom stereocenters. The van der Waals surface area contributed by atoms with Crippen LogP contribution in [-0.2, 0) is 0 Å². The Morgan fingerprint density at radius 1 is 1.58 bits per heavy atom. The van der Waals surface area contributed by atoms with Crippen LogP contribution in [0.1, 0.15) is 10.4 Å². The summed E-state index contributed by atoms with van der Waals surface area (Å²) in [6, 6.07) is 1.16. The van der Waals surface area contributed by atoms with Crippen molar-refractivity contribution in [3.63, 3.8) is 0 Å². The van der Waals surface area contributed by atoms with Gasteiger partial charge in [-0.25, -0.2) is 9.37 Å². The minimum Gasteiger partial charge on any atom is -0.304 e. The largest absolute Gasteiger partial charge is 0.304 e. The van der Waals surface area contributed by atoms with Crippen molar-refractivity contribution in [1.82, 2.24) is 9.38 Å². The number of carbonyl (C=O) groups is 1. The van der Waals surface area contributed by atoms with Crippen LogP contribution in [0.3, 0.4) is 0 Å². The van der Waals surface area contributed by atoms with E-state index in [1.165, 1.54) is 16.8 Å². The molecule has 12 heavy (non-hydrogen) atoms. The molecule has 0 saturated carbocycles. The van der Waals surface area contributed by atoms with Crippen molar-refractivity contribution in [2.45, 2.75) is 0 Å². The van der Waals surface area contributed by atoms with Gasteiger partial charge in [-0.15, -0.1) is 0 Å². The second-order valence-corrected chi connectivity index (χ2v) is 2.39. The van der Waals surface area contributed by atoms with Crippen LogP contribution in [0.25, 0.3) is 5.65 Å². The van der Waals surface area contributed by atoms with Crippen LogP contribution in [-0.4, -0.2) is 15.7 Å². The minimum atomic E-state index is -0.442. The quantitative estimate of drug-likeness (QED) is 0.595. The van der Waals surface area contributed by atoms with Gasteiger partial charge in [0.25, 0.3) is 0 Å². The van der Waals surface area contributed by atoms with Crippen LogP contribution >= 0.6 is 0 Å². The lowest BCUT2D eigenvalue weighted by Crippen LogP contribution is -1.92. The molecule has 4 heteroatoms. The lowest BCUT2D eigenvalue weighted by atomic mass is 10.3. The Morgan fingerprint density at radius 3 is 3.17 bits per heavy atom. The number of aldehydes is 1. The highest BCUT2D eigenvalue weighted by molar-refractivity contribution is 5.83. The Bertz CT molecular complexity index is 436. The highest BCUT2D eigenvalue weighted by Crippen LogP contribution is 2.08. The van der Waals surface area contributed by atoms with Crippen LogP contribution in [0.4, 0.5) is 4.39 Å². The first-order chi connectivity index (χ1) is 5.81. The fourth-order valence-electron chi connectivity index (χ4n) is 1.11. The van der Waals surface area contributed by atoms with Gasteiger partial charge in [0.2, 0.25) is 0 Å². The summed E-state index contributed by atoms with van der Waals surface area (Å²) in [6.07, 6.45) is 4.97. The van der Waals surface area contributed by atoms with Crippen LogP contribution in [0.2, 0.25) is 0 Å². The summed E-state index contributed by atoms with van der Waals surface area (Å²) in [7, 11) is 0. The molecule has 0 spiro atoms. The van der Waals surface area contributed by atoms with E-state index in [1.807, 2.05) is 0 Å². The first kappa shape index (κ1) is 6.97. The molecular formula is C8H5FN2O. The molecule has 3 nitrogen and oxygen atoms in total. The molecule has 0 unspecified atom stereocenters. The smallest absolute Gasteiger partial charge is 0.153 e. The molecule has 2 heterocycles. The lowest BCUT2D eigenvalue weighted by Gasteiger charge is -1.95. The number of carbonyl (C=O) groups excluding carboxylic acids is 1. The van der Waals surface area contributed by atoms with E-state index in [0.29, 0.717) is 11.9 Å². The van der Waals surface area contributed by atoms with Gasteiger partial charge < -0.3 is 4.40 Å². The lowest BCUT2D eigenvalue weighted by molar-refractivity contribution is 0.112. The standard InChI is InChI=1S/C8H5FN2O/c9-7-3-6(5-12)8-10-1-2-11(8)4-7/h1-5H. The molecule has 0 aliphatic rings. The Balaban J connectivity index is 2.88. The van der Waals surface area contributed by atoms with Crippen LogP contribution in [0.15, 0.2) is 24.7 Å². The molecule has 0 N–H and O–H groups in total. The summed E-state index contributed by atoms with van der Waals surface area (Å²) >= 11 is 0. The van der Waals surface area contributed by atoms with E-state index < -0.39 is 5.82 Å². The second kappa shape index (κ2) is 2.41. The van der Waals surface area contributed by atoms with Gasteiger partial charge in [0.05, 0.1) is 5.56 Å². The Hall–Kier alpha value is -1.71. The van der Waals surface area contributed by atoms with Crippen molar-refractivity contribution in [1.29, 1.82) is 0 Å². The number of hydrogen-bond donors (Lipinski definition) is 0. The molecule has 0 fully saturated rings.